The van der Waals surface area contributed by atoms with E-state index in [9.17, 15) is 4.79 Å². The lowest BCUT2D eigenvalue weighted by atomic mass is 9.87. The summed E-state index contributed by atoms with van der Waals surface area (Å²) in [5.41, 5.74) is -0.374. The second-order valence-electron chi connectivity index (χ2n) is 6.85. The van der Waals surface area contributed by atoms with Crippen molar-refractivity contribution in [2.75, 3.05) is 6.61 Å². The lowest BCUT2D eigenvalue weighted by molar-refractivity contribution is -0.162. The minimum absolute atomic E-state index is 0.0344. The summed E-state index contributed by atoms with van der Waals surface area (Å²) in [5.74, 6) is 0.666. The molecule has 0 bridgehead atoms. The van der Waals surface area contributed by atoms with Gasteiger partial charge in [-0.05, 0) is 52.4 Å². The molecule has 1 saturated carbocycles. The van der Waals surface area contributed by atoms with Crippen molar-refractivity contribution in [3.63, 3.8) is 0 Å². The van der Waals surface area contributed by atoms with Crippen molar-refractivity contribution in [3.05, 3.63) is 0 Å². The monoisotopic (exact) mass is 270 g/mol. The summed E-state index contributed by atoms with van der Waals surface area (Å²) in [7, 11) is 0. The van der Waals surface area contributed by atoms with Crippen LogP contribution in [0.1, 0.15) is 66.7 Å². The summed E-state index contributed by atoms with van der Waals surface area (Å²) in [6.07, 6.45) is 5.28. The van der Waals surface area contributed by atoms with E-state index in [1.165, 1.54) is 0 Å². The lowest BCUT2D eigenvalue weighted by Crippen LogP contribution is -2.32. The second kappa shape index (κ2) is 7.28. The Morgan fingerprint density at radius 3 is 2.26 bits per heavy atom. The topological polar surface area (TPSA) is 35.5 Å². The largest absolute Gasteiger partial charge is 0.460 e. The quantitative estimate of drug-likeness (QED) is 0.710. The third kappa shape index (κ3) is 6.42. The van der Waals surface area contributed by atoms with Gasteiger partial charge in [-0.25, -0.2) is 0 Å². The van der Waals surface area contributed by atoms with Gasteiger partial charge in [-0.1, -0.05) is 20.3 Å². The van der Waals surface area contributed by atoms with Crippen LogP contribution in [-0.4, -0.2) is 24.3 Å². The molecule has 0 aromatic carbocycles. The summed E-state index contributed by atoms with van der Waals surface area (Å²) in [5, 5.41) is 0. The van der Waals surface area contributed by atoms with Crippen LogP contribution in [0.4, 0.5) is 0 Å². The zero-order chi connectivity index (χ0) is 14.5. The molecule has 1 aliphatic rings. The van der Waals surface area contributed by atoms with E-state index in [4.69, 9.17) is 9.47 Å². The lowest BCUT2D eigenvalue weighted by Gasteiger charge is -2.30. The van der Waals surface area contributed by atoms with Crippen molar-refractivity contribution in [2.45, 2.75) is 78.4 Å². The van der Waals surface area contributed by atoms with Crippen LogP contribution in [0.15, 0.2) is 0 Å². The Hall–Kier alpha value is -0.570. The van der Waals surface area contributed by atoms with E-state index >= 15 is 0 Å². The Morgan fingerprint density at radius 2 is 1.79 bits per heavy atom. The highest BCUT2D eigenvalue weighted by atomic mass is 16.6. The molecule has 1 atom stereocenters. The Kier molecular flexibility index (Phi) is 6.31. The average molecular weight is 270 g/mol. The molecule has 0 aromatic heterocycles. The Morgan fingerprint density at radius 1 is 1.21 bits per heavy atom. The van der Waals surface area contributed by atoms with Crippen molar-refractivity contribution >= 4 is 5.97 Å². The summed E-state index contributed by atoms with van der Waals surface area (Å²) in [6.45, 7) is 11.0. The first kappa shape index (κ1) is 16.5. The highest BCUT2D eigenvalue weighted by molar-refractivity contribution is 5.72. The Balaban J connectivity index is 2.27. The molecule has 1 unspecified atom stereocenters. The number of carbonyl (C=O) groups is 1. The smallest absolute Gasteiger partial charge is 0.309 e. The molecule has 0 N–H and O–H groups in total. The van der Waals surface area contributed by atoms with Gasteiger partial charge in [-0.15, -0.1) is 0 Å². The van der Waals surface area contributed by atoms with Crippen molar-refractivity contribution in [1.29, 1.82) is 0 Å². The van der Waals surface area contributed by atoms with Crippen LogP contribution in [0.5, 0.6) is 0 Å². The van der Waals surface area contributed by atoms with Gasteiger partial charge in [0.1, 0.15) is 5.60 Å². The molecule has 1 fully saturated rings. The fourth-order valence-electron chi connectivity index (χ4n) is 2.27. The van der Waals surface area contributed by atoms with Gasteiger partial charge in [0.05, 0.1) is 12.0 Å². The molecule has 0 aromatic rings. The number of ether oxygens (including phenoxy) is 2. The first-order valence-corrected chi connectivity index (χ1v) is 7.66. The van der Waals surface area contributed by atoms with Gasteiger partial charge in [-0.3, -0.25) is 4.79 Å². The van der Waals surface area contributed by atoms with E-state index in [2.05, 4.69) is 13.8 Å². The summed E-state index contributed by atoms with van der Waals surface area (Å²) < 4.78 is 11.4. The number of carbonyl (C=O) groups excluding carboxylic acids is 1. The van der Waals surface area contributed by atoms with Gasteiger partial charge in [-0.2, -0.15) is 0 Å². The molecule has 0 radical (unpaired) electrons. The molecular weight excluding hydrogens is 240 g/mol. The van der Waals surface area contributed by atoms with Crippen LogP contribution in [0.2, 0.25) is 0 Å². The van der Waals surface area contributed by atoms with E-state index in [0.29, 0.717) is 12.0 Å². The van der Waals surface area contributed by atoms with Gasteiger partial charge >= 0.3 is 5.97 Å². The summed E-state index contributed by atoms with van der Waals surface area (Å²) in [4.78, 5) is 12.0. The molecule has 3 heteroatoms. The highest BCUT2D eigenvalue weighted by Gasteiger charge is 2.30. The molecule has 0 saturated heterocycles. The van der Waals surface area contributed by atoms with Crippen molar-refractivity contribution in [1.82, 2.24) is 0 Å². The minimum Gasteiger partial charge on any atom is -0.460 e. The molecule has 19 heavy (non-hydrogen) atoms. The zero-order valence-electron chi connectivity index (χ0n) is 13.2. The molecular formula is C16H30O3. The molecule has 0 amide bonds. The van der Waals surface area contributed by atoms with Gasteiger partial charge in [0.25, 0.3) is 0 Å². The van der Waals surface area contributed by atoms with Gasteiger partial charge in [0.15, 0.2) is 0 Å². The molecule has 1 aliphatic carbocycles. The van der Waals surface area contributed by atoms with Gasteiger partial charge in [0.2, 0.25) is 0 Å². The van der Waals surface area contributed by atoms with Crippen molar-refractivity contribution in [2.24, 2.45) is 11.8 Å². The molecule has 0 spiro atoms. The molecule has 0 aliphatic heterocycles. The van der Waals surface area contributed by atoms with E-state index < -0.39 is 0 Å². The van der Waals surface area contributed by atoms with Crippen LogP contribution < -0.4 is 0 Å². The van der Waals surface area contributed by atoms with E-state index in [0.717, 1.165) is 38.7 Å². The first-order chi connectivity index (χ1) is 8.81. The van der Waals surface area contributed by atoms with Crippen molar-refractivity contribution < 1.29 is 14.3 Å². The number of hydrogen-bond donors (Lipinski definition) is 0. The normalized spacial score (nSPS) is 25.9. The third-order valence-electron chi connectivity index (χ3n) is 3.73. The van der Waals surface area contributed by atoms with Crippen LogP contribution in [-0.2, 0) is 14.3 Å². The number of rotatable bonds is 5. The first-order valence-electron chi connectivity index (χ1n) is 7.66. The van der Waals surface area contributed by atoms with Crippen LogP contribution in [0.3, 0.4) is 0 Å². The summed E-state index contributed by atoms with van der Waals surface area (Å²) in [6, 6.07) is 0. The average Bonchev–Trinajstić information content (AvgIpc) is 2.34. The van der Waals surface area contributed by atoms with E-state index in [1.807, 2.05) is 20.8 Å². The van der Waals surface area contributed by atoms with Gasteiger partial charge in [0, 0.05) is 6.61 Å². The standard InChI is InChI=1S/C16H30O3/c1-6-12(2)11-18-14-9-7-13(8-10-14)15(17)19-16(3,4)5/h12-14H,6-11H2,1-5H3. The fourth-order valence-corrected chi connectivity index (χ4v) is 2.27. The van der Waals surface area contributed by atoms with Gasteiger partial charge < -0.3 is 9.47 Å². The van der Waals surface area contributed by atoms with Crippen LogP contribution in [0, 0.1) is 11.8 Å². The molecule has 3 nitrogen and oxygen atoms in total. The van der Waals surface area contributed by atoms with Crippen LogP contribution >= 0.6 is 0 Å². The number of hydrogen-bond acceptors (Lipinski definition) is 3. The maximum Gasteiger partial charge on any atom is 0.309 e. The number of esters is 1. The summed E-state index contributed by atoms with van der Waals surface area (Å²) >= 11 is 0. The third-order valence-corrected chi connectivity index (χ3v) is 3.73. The minimum atomic E-state index is -0.374. The van der Waals surface area contributed by atoms with Crippen LogP contribution in [0.25, 0.3) is 0 Å². The predicted molar refractivity (Wildman–Crippen MR) is 77.0 cm³/mol. The van der Waals surface area contributed by atoms with Crippen molar-refractivity contribution in [3.8, 4) is 0 Å². The fraction of sp³-hybridized carbons (Fsp3) is 0.938. The maximum absolute atomic E-state index is 12.0. The maximum atomic E-state index is 12.0. The van der Waals surface area contributed by atoms with E-state index in [-0.39, 0.29) is 17.5 Å². The Labute approximate surface area is 118 Å². The van der Waals surface area contributed by atoms with E-state index in [1.54, 1.807) is 0 Å². The zero-order valence-corrected chi connectivity index (χ0v) is 13.2. The highest BCUT2D eigenvalue weighted by Crippen LogP contribution is 2.28. The SMILES string of the molecule is CCC(C)COC1CCC(C(=O)OC(C)(C)C)CC1. The molecule has 0 heterocycles. The molecule has 1 rings (SSSR count). The predicted octanol–water partition coefficient (Wildman–Crippen LogP) is 3.95. The molecule has 112 valence electrons. The second-order valence-corrected chi connectivity index (χ2v) is 6.85. The Bertz CT molecular complexity index is 272.